The van der Waals surface area contributed by atoms with Gasteiger partial charge in [-0.3, -0.25) is 9.59 Å². The largest absolute Gasteiger partial charge is 0.303 e. The van der Waals surface area contributed by atoms with E-state index in [0.717, 1.165) is 16.3 Å². The zero-order valence-electron chi connectivity index (χ0n) is 19.2. The van der Waals surface area contributed by atoms with Crippen molar-refractivity contribution in [2.24, 2.45) is 0 Å². The Balaban J connectivity index is 1.91. The molecule has 5 rings (SSSR count). The molecule has 0 saturated carbocycles. The molecule has 170 valence electrons. The molecular weight excluding hydrogens is 450 g/mol. The lowest BCUT2D eigenvalue weighted by Gasteiger charge is -2.14. The Hall–Kier alpha value is -4.15. The van der Waals surface area contributed by atoms with E-state index in [9.17, 15) is 9.59 Å². The molecule has 0 spiro atoms. The maximum absolute atomic E-state index is 14.1. The van der Waals surface area contributed by atoms with Crippen molar-refractivity contribution in [2.75, 3.05) is 6.26 Å². The third kappa shape index (κ3) is 4.25. The second-order valence-corrected chi connectivity index (χ2v) is 8.83. The van der Waals surface area contributed by atoms with Crippen LogP contribution in [-0.4, -0.2) is 22.4 Å². The average molecular weight is 474 g/mol. The van der Waals surface area contributed by atoms with Gasteiger partial charge in [-0.25, -0.2) is 0 Å². The van der Waals surface area contributed by atoms with E-state index in [0.29, 0.717) is 27.9 Å². The fourth-order valence-corrected chi connectivity index (χ4v) is 5.11. The van der Waals surface area contributed by atoms with E-state index in [-0.39, 0.29) is 11.6 Å². The summed E-state index contributed by atoms with van der Waals surface area (Å²) in [6.45, 7) is 0. The van der Waals surface area contributed by atoms with Crippen LogP contribution in [0.3, 0.4) is 0 Å². The number of benzene rings is 4. The minimum atomic E-state index is -0.172. The van der Waals surface area contributed by atoms with E-state index in [1.54, 1.807) is 24.3 Å². The first kappa shape index (κ1) is 22.6. The van der Waals surface area contributed by atoms with Crippen LogP contribution in [0.2, 0.25) is 0 Å². The Kier molecular flexibility index (Phi) is 6.47. The van der Waals surface area contributed by atoms with Gasteiger partial charge in [0.2, 0.25) is 0 Å². The van der Waals surface area contributed by atoms with Crippen LogP contribution in [0.25, 0.3) is 16.9 Å². The Morgan fingerprint density at radius 2 is 1.00 bits per heavy atom. The number of nitrogens with zero attached hydrogens (tertiary/aromatic N) is 1. The maximum Gasteiger partial charge on any atom is 0.196 e. The highest BCUT2D eigenvalue weighted by Crippen LogP contribution is 2.41. The highest BCUT2D eigenvalue weighted by Gasteiger charge is 2.33. The van der Waals surface area contributed by atoms with Gasteiger partial charge in [-0.15, -0.1) is 11.8 Å². The molecule has 0 fully saturated rings. The fourth-order valence-electron chi connectivity index (χ4n) is 4.34. The molecule has 0 amide bonds. The van der Waals surface area contributed by atoms with Crippen LogP contribution in [0.15, 0.2) is 126 Å². The predicted molar refractivity (Wildman–Crippen MR) is 143 cm³/mol. The van der Waals surface area contributed by atoms with Crippen molar-refractivity contribution in [3.05, 3.63) is 144 Å². The smallest absolute Gasteiger partial charge is 0.196 e. The molecule has 5 aromatic rings. The number of para-hydroxylation sites is 1. The van der Waals surface area contributed by atoms with Gasteiger partial charge in [-0.1, -0.05) is 109 Å². The predicted octanol–water partition coefficient (Wildman–Crippen LogP) is 7.33. The first-order chi connectivity index (χ1) is 17.2. The standard InChI is InChI=1S/C31H23NO2S/c1-35-31-27(30(34)24-18-10-4-11-19-24)26(29(33)23-16-8-3-9-17-23)28(22-14-6-2-7-15-22)32(31)25-20-12-5-13-21-25/h2-21H,1H3. The summed E-state index contributed by atoms with van der Waals surface area (Å²) in [6, 6.07) is 38.0. The second-order valence-electron chi connectivity index (χ2n) is 8.04. The molecule has 0 aliphatic rings. The first-order valence-corrected chi connectivity index (χ1v) is 12.6. The van der Waals surface area contributed by atoms with Crippen LogP contribution >= 0.6 is 11.8 Å². The van der Waals surface area contributed by atoms with Crippen molar-refractivity contribution in [2.45, 2.75) is 5.03 Å². The number of aromatic nitrogens is 1. The molecule has 4 aromatic carbocycles. The Morgan fingerprint density at radius 3 is 1.49 bits per heavy atom. The van der Waals surface area contributed by atoms with E-state index in [1.165, 1.54) is 11.8 Å². The van der Waals surface area contributed by atoms with Crippen molar-refractivity contribution in [3.63, 3.8) is 0 Å². The first-order valence-electron chi connectivity index (χ1n) is 11.3. The summed E-state index contributed by atoms with van der Waals surface area (Å²) in [5.41, 5.74) is 4.43. The molecule has 0 atom stereocenters. The van der Waals surface area contributed by atoms with Gasteiger partial charge in [-0.2, -0.15) is 0 Å². The van der Waals surface area contributed by atoms with E-state index < -0.39 is 0 Å². The van der Waals surface area contributed by atoms with E-state index in [4.69, 9.17) is 0 Å². The highest BCUT2D eigenvalue weighted by atomic mass is 32.2. The lowest BCUT2D eigenvalue weighted by atomic mass is 9.93. The normalized spacial score (nSPS) is 10.8. The second kappa shape index (κ2) is 10.00. The molecule has 0 saturated heterocycles. The van der Waals surface area contributed by atoms with Crippen molar-refractivity contribution >= 4 is 23.3 Å². The molecule has 0 aliphatic carbocycles. The van der Waals surface area contributed by atoms with Crippen LogP contribution < -0.4 is 0 Å². The minimum Gasteiger partial charge on any atom is -0.303 e. The monoisotopic (exact) mass is 473 g/mol. The van der Waals surface area contributed by atoms with Gasteiger partial charge in [0.1, 0.15) is 0 Å². The zero-order chi connectivity index (χ0) is 24.2. The van der Waals surface area contributed by atoms with E-state index >= 15 is 0 Å². The molecule has 0 unspecified atom stereocenters. The quantitative estimate of drug-likeness (QED) is 0.183. The molecule has 3 nitrogen and oxygen atoms in total. The SMILES string of the molecule is CSc1c(C(=O)c2ccccc2)c(C(=O)c2ccccc2)c(-c2ccccc2)n1-c1ccccc1. The van der Waals surface area contributed by atoms with Gasteiger partial charge in [0.05, 0.1) is 21.8 Å². The molecule has 0 N–H and O–H groups in total. The molecule has 0 bridgehead atoms. The van der Waals surface area contributed by atoms with Crippen molar-refractivity contribution in [3.8, 4) is 16.9 Å². The molecule has 0 radical (unpaired) electrons. The minimum absolute atomic E-state index is 0.166. The summed E-state index contributed by atoms with van der Waals surface area (Å²) in [5, 5.41) is 0.739. The summed E-state index contributed by atoms with van der Waals surface area (Å²) < 4.78 is 2.05. The van der Waals surface area contributed by atoms with Gasteiger partial charge in [0.15, 0.2) is 11.6 Å². The van der Waals surface area contributed by atoms with Gasteiger partial charge >= 0.3 is 0 Å². The van der Waals surface area contributed by atoms with Gasteiger partial charge < -0.3 is 4.57 Å². The molecule has 0 aliphatic heterocycles. The van der Waals surface area contributed by atoms with E-state index in [2.05, 4.69) is 0 Å². The van der Waals surface area contributed by atoms with Crippen molar-refractivity contribution < 1.29 is 9.59 Å². The van der Waals surface area contributed by atoms with Gasteiger partial charge in [-0.05, 0) is 24.0 Å². The number of hydrogen-bond donors (Lipinski definition) is 0. The Labute approximate surface area is 209 Å². The molecular formula is C31H23NO2S. The molecule has 1 heterocycles. The van der Waals surface area contributed by atoms with Crippen LogP contribution in [0.1, 0.15) is 31.8 Å². The van der Waals surface area contributed by atoms with Gasteiger partial charge in [0, 0.05) is 16.8 Å². The number of carbonyl (C=O) groups is 2. The molecule has 4 heteroatoms. The summed E-state index contributed by atoms with van der Waals surface area (Å²) in [6.07, 6.45) is 1.95. The van der Waals surface area contributed by atoms with Crippen LogP contribution in [0.5, 0.6) is 0 Å². The highest BCUT2D eigenvalue weighted by molar-refractivity contribution is 7.98. The summed E-state index contributed by atoms with van der Waals surface area (Å²) in [5.74, 6) is -0.338. The summed E-state index contributed by atoms with van der Waals surface area (Å²) in [4.78, 5) is 28.2. The Bertz CT molecular complexity index is 1480. The van der Waals surface area contributed by atoms with Crippen LogP contribution in [0.4, 0.5) is 0 Å². The van der Waals surface area contributed by atoms with E-state index in [1.807, 2.05) is 108 Å². The van der Waals surface area contributed by atoms with Crippen molar-refractivity contribution in [1.82, 2.24) is 4.57 Å². The number of rotatable bonds is 7. The summed E-state index contributed by atoms with van der Waals surface area (Å²) in [7, 11) is 0. The number of carbonyl (C=O) groups excluding carboxylic acids is 2. The maximum atomic E-state index is 14.1. The fraction of sp³-hybridized carbons (Fsp3) is 0.0323. The third-order valence-electron chi connectivity index (χ3n) is 5.91. The lowest BCUT2D eigenvalue weighted by Crippen LogP contribution is -2.10. The molecule has 1 aromatic heterocycles. The topological polar surface area (TPSA) is 39.1 Å². The van der Waals surface area contributed by atoms with Crippen LogP contribution in [-0.2, 0) is 0 Å². The lowest BCUT2D eigenvalue weighted by molar-refractivity contribution is 0.100. The third-order valence-corrected chi connectivity index (χ3v) is 6.68. The van der Waals surface area contributed by atoms with Crippen LogP contribution in [0, 0.1) is 0 Å². The average Bonchev–Trinajstić information content (AvgIpc) is 3.29. The van der Waals surface area contributed by atoms with Gasteiger partial charge in [0.25, 0.3) is 0 Å². The zero-order valence-corrected chi connectivity index (χ0v) is 20.0. The molecule has 35 heavy (non-hydrogen) atoms. The number of hydrogen-bond acceptors (Lipinski definition) is 3. The number of thioether (sulfide) groups is 1. The number of ketones is 2. The summed E-state index contributed by atoms with van der Waals surface area (Å²) >= 11 is 1.47. The Morgan fingerprint density at radius 1 is 0.571 bits per heavy atom. The van der Waals surface area contributed by atoms with Crippen molar-refractivity contribution in [1.29, 1.82) is 0 Å².